The van der Waals surface area contributed by atoms with Gasteiger partial charge in [0.1, 0.15) is 17.2 Å². The summed E-state index contributed by atoms with van der Waals surface area (Å²) in [6.45, 7) is 2.47. The first-order valence-corrected chi connectivity index (χ1v) is 28.5. The van der Waals surface area contributed by atoms with Crippen molar-refractivity contribution in [2.45, 2.75) is 88.4 Å². The normalized spacial score (nSPS) is 19.7. The Hall–Kier alpha value is -9.35. The number of carbonyl (C=O) groups is 7. The molecule has 0 spiro atoms. The molecule has 1 N–H and O–H groups in total. The van der Waals surface area contributed by atoms with E-state index in [0.717, 1.165) is 41.9 Å². The van der Waals surface area contributed by atoms with E-state index in [2.05, 4.69) is 31.2 Å². The van der Waals surface area contributed by atoms with Crippen LogP contribution < -0.4 is 14.5 Å². The van der Waals surface area contributed by atoms with Crippen LogP contribution in [0.1, 0.15) is 183 Å². The van der Waals surface area contributed by atoms with E-state index in [-0.39, 0.29) is 67.2 Å². The van der Waals surface area contributed by atoms with E-state index in [1.165, 1.54) is 116 Å². The molecule has 82 heavy (non-hydrogen) atoms. The first-order chi connectivity index (χ1) is 39.8. The summed E-state index contributed by atoms with van der Waals surface area (Å²) < 4.78 is 6.22. The summed E-state index contributed by atoms with van der Waals surface area (Å²) in [4.78, 5) is 98.3. The third-order valence-electron chi connectivity index (χ3n) is 18.4. The topological polar surface area (TPSA) is 155 Å². The number of phenols is 1. The molecule has 11 nitrogen and oxygen atoms in total. The maximum atomic E-state index is 14.6. The third-order valence-corrected chi connectivity index (χ3v) is 18.4. The number of rotatable bonds is 13. The van der Waals surface area contributed by atoms with E-state index in [1.807, 2.05) is 48.5 Å². The first kappa shape index (κ1) is 52.0. The molecule has 3 aliphatic carbocycles. The van der Waals surface area contributed by atoms with Gasteiger partial charge in [0.2, 0.25) is 0 Å². The summed E-state index contributed by atoms with van der Waals surface area (Å²) in [6.07, 6.45) is 12.9. The molecule has 0 bridgehead atoms. The summed E-state index contributed by atoms with van der Waals surface area (Å²) in [7, 11) is 0. The summed E-state index contributed by atoms with van der Waals surface area (Å²) in [5.41, 5.74) is 7.16. The van der Waals surface area contributed by atoms with Gasteiger partial charge in [0.15, 0.2) is 17.3 Å². The number of carbonyl (C=O) groups excluding carboxylic acids is 7. The Balaban J connectivity index is 0.714. The summed E-state index contributed by atoms with van der Waals surface area (Å²) in [5.74, 6) is -1.09. The van der Waals surface area contributed by atoms with Crippen molar-refractivity contribution in [1.82, 2.24) is 0 Å². The lowest BCUT2D eigenvalue weighted by molar-refractivity contribution is 0.0910. The number of hydrogen-bond acceptors (Lipinski definition) is 9. The number of benzene rings is 8. The highest BCUT2D eigenvalue weighted by molar-refractivity contribution is 6.36. The van der Waals surface area contributed by atoms with Gasteiger partial charge in [0, 0.05) is 38.8 Å². The SMILES string of the molecule is CC1(C2CCCCC2)CC(c2ccc(C(=O)c3ccccc3)cc2)(C2CCCCC2)c2ccc(C(=O)c3ccc(Oc4ccc(N5C(=O)c6ccc(C(=O)c7ccc8c(c7)C(=O)N(c7ccc(O)cc7)C8=O)cc6C5=O)cc4)cc3)cc21. The Kier molecular flexibility index (Phi) is 13.1. The number of aromatic hydroxyl groups is 1. The maximum Gasteiger partial charge on any atom is 0.266 e. The van der Waals surface area contributed by atoms with Crippen LogP contribution in [0, 0.1) is 11.8 Å². The number of anilines is 2. The molecule has 11 heteroatoms. The van der Waals surface area contributed by atoms with Crippen LogP contribution in [0.4, 0.5) is 11.4 Å². The van der Waals surface area contributed by atoms with E-state index in [0.29, 0.717) is 51.3 Å². The highest BCUT2D eigenvalue weighted by Crippen LogP contribution is 2.63. The van der Waals surface area contributed by atoms with Crippen molar-refractivity contribution < 1.29 is 43.4 Å². The smallest absolute Gasteiger partial charge is 0.266 e. The van der Waals surface area contributed by atoms with Crippen LogP contribution in [0.15, 0.2) is 182 Å². The quantitative estimate of drug-likeness (QED) is 0.0877. The Labute approximate surface area is 475 Å². The van der Waals surface area contributed by atoms with Crippen molar-refractivity contribution in [2.75, 3.05) is 9.80 Å². The van der Waals surface area contributed by atoms with Gasteiger partial charge in [0.25, 0.3) is 23.6 Å². The highest BCUT2D eigenvalue weighted by atomic mass is 16.5. The van der Waals surface area contributed by atoms with E-state index in [1.54, 1.807) is 48.5 Å². The van der Waals surface area contributed by atoms with E-state index in [9.17, 15) is 38.7 Å². The highest BCUT2D eigenvalue weighted by Gasteiger charge is 2.57. The van der Waals surface area contributed by atoms with Crippen molar-refractivity contribution in [3.63, 3.8) is 0 Å². The Bertz CT molecular complexity index is 3930. The molecule has 2 fully saturated rings. The molecular formula is C71H58N2O9. The zero-order chi connectivity index (χ0) is 56.4. The fraction of sp³-hybridized carbons (Fsp3) is 0.225. The van der Waals surface area contributed by atoms with Crippen LogP contribution in [-0.2, 0) is 10.8 Å². The van der Waals surface area contributed by atoms with Crippen LogP contribution >= 0.6 is 0 Å². The van der Waals surface area contributed by atoms with Gasteiger partial charge in [-0.1, -0.05) is 124 Å². The molecule has 8 aromatic rings. The summed E-state index contributed by atoms with van der Waals surface area (Å²) in [6, 6.07) is 52.1. The second-order valence-electron chi connectivity index (χ2n) is 23.0. The molecule has 2 saturated carbocycles. The molecule has 5 aliphatic rings. The fourth-order valence-corrected chi connectivity index (χ4v) is 14.2. The number of ketones is 3. The van der Waals surface area contributed by atoms with Crippen LogP contribution in [0.3, 0.4) is 0 Å². The van der Waals surface area contributed by atoms with Crippen LogP contribution in [0.2, 0.25) is 0 Å². The summed E-state index contributed by atoms with van der Waals surface area (Å²) in [5, 5.41) is 9.70. The number of phenolic OH excluding ortho intramolecular Hbond substituents is 1. The number of amides is 4. The van der Waals surface area contributed by atoms with Gasteiger partial charge in [-0.2, -0.15) is 0 Å². The van der Waals surface area contributed by atoms with Crippen LogP contribution in [-0.4, -0.2) is 46.1 Å². The number of fused-ring (bicyclic) bond motifs is 3. The monoisotopic (exact) mass is 1080 g/mol. The number of imide groups is 2. The molecule has 2 atom stereocenters. The van der Waals surface area contributed by atoms with Gasteiger partial charge in [-0.3, -0.25) is 33.6 Å². The number of ether oxygens (including phenoxy) is 1. The van der Waals surface area contributed by atoms with E-state index in [4.69, 9.17) is 4.74 Å². The average Bonchev–Trinajstić information content (AvgIpc) is 3.74. The number of nitrogens with zero attached hydrogens (tertiary/aromatic N) is 2. The average molecular weight is 1080 g/mol. The van der Waals surface area contributed by atoms with E-state index < -0.39 is 29.4 Å². The summed E-state index contributed by atoms with van der Waals surface area (Å²) >= 11 is 0. The predicted octanol–water partition coefficient (Wildman–Crippen LogP) is 14.6. The largest absolute Gasteiger partial charge is 0.508 e. The molecule has 4 amide bonds. The van der Waals surface area contributed by atoms with Gasteiger partial charge in [-0.25, -0.2) is 9.80 Å². The van der Waals surface area contributed by atoms with Crippen LogP contribution in [0.5, 0.6) is 17.2 Å². The molecule has 0 radical (unpaired) electrons. The van der Waals surface area contributed by atoms with Gasteiger partial charge in [0.05, 0.1) is 33.6 Å². The van der Waals surface area contributed by atoms with Crippen molar-refractivity contribution >= 4 is 52.4 Å². The molecular weight excluding hydrogens is 1020 g/mol. The van der Waals surface area contributed by atoms with E-state index >= 15 is 0 Å². The molecule has 2 aliphatic heterocycles. The molecule has 2 unspecified atom stereocenters. The van der Waals surface area contributed by atoms with Gasteiger partial charge >= 0.3 is 0 Å². The van der Waals surface area contributed by atoms with Gasteiger partial charge in [-0.15, -0.1) is 0 Å². The number of hydrogen-bond donors (Lipinski definition) is 1. The second kappa shape index (κ2) is 20.6. The second-order valence-corrected chi connectivity index (χ2v) is 23.0. The van der Waals surface area contributed by atoms with Crippen molar-refractivity contribution in [2.24, 2.45) is 11.8 Å². The lowest BCUT2D eigenvalue weighted by atomic mass is 9.59. The third kappa shape index (κ3) is 8.77. The zero-order valence-corrected chi connectivity index (χ0v) is 45.4. The standard InChI is InChI=1S/C71H58N2O9/c1-70(49-13-7-3-8-14-49)42-71(50-15-9-4-10-16-50,51-24-17-44(18-25-51)63(75)43-11-5-2-6-12-43)61-38-23-48(41-62(61)70)64(76)45-19-32-55(33-20-45)82-56-34-28-53(29-35-56)73-67(79)58-37-22-47(40-60(58)69(73)81)65(77)46-21-36-57-59(39-46)68(80)72(66(57)78)52-26-30-54(74)31-27-52/h2,5-6,11-12,17-41,49-50,74H,3-4,7-10,13-16,42H2,1H3. The minimum Gasteiger partial charge on any atom is -0.508 e. The Morgan fingerprint density at radius 1 is 0.427 bits per heavy atom. The molecule has 0 aromatic heterocycles. The molecule has 0 saturated heterocycles. The minimum absolute atomic E-state index is 0.0193. The van der Waals surface area contributed by atoms with Gasteiger partial charge < -0.3 is 9.84 Å². The van der Waals surface area contributed by atoms with Crippen molar-refractivity contribution in [3.8, 4) is 17.2 Å². The zero-order valence-electron chi connectivity index (χ0n) is 45.4. The minimum atomic E-state index is -0.619. The predicted molar refractivity (Wildman–Crippen MR) is 312 cm³/mol. The first-order valence-electron chi connectivity index (χ1n) is 28.5. The molecule has 406 valence electrons. The Morgan fingerprint density at radius 3 is 1.39 bits per heavy atom. The molecule has 2 heterocycles. The Morgan fingerprint density at radius 2 is 0.841 bits per heavy atom. The van der Waals surface area contributed by atoms with Crippen molar-refractivity contribution in [1.29, 1.82) is 0 Å². The lowest BCUT2D eigenvalue weighted by Crippen LogP contribution is -2.40. The lowest BCUT2D eigenvalue weighted by Gasteiger charge is -2.45. The fourth-order valence-electron chi connectivity index (χ4n) is 14.2. The molecule has 13 rings (SSSR count). The van der Waals surface area contributed by atoms with Crippen LogP contribution in [0.25, 0.3) is 0 Å². The molecule has 8 aromatic carbocycles. The van der Waals surface area contributed by atoms with Crippen molar-refractivity contribution in [3.05, 3.63) is 254 Å². The van der Waals surface area contributed by atoms with Gasteiger partial charge in [-0.05, 0) is 169 Å². The maximum absolute atomic E-state index is 14.6.